The van der Waals surface area contributed by atoms with E-state index in [0.717, 1.165) is 19.5 Å². The number of hydrogen-bond donors (Lipinski definition) is 0. The van der Waals surface area contributed by atoms with Crippen molar-refractivity contribution in [2.24, 2.45) is 0 Å². The highest BCUT2D eigenvalue weighted by atomic mass is 19.1. The van der Waals surface area contributed by atoms with E-state index in [0.29, 0.717) is 18.7 Å². The van der Waals surface area contributed by atoms with Crippen molar-refractivity contribution in [3.63, 3.8) is 0 Å². The predicted molar refractivity (Wildman–Crippen MR) is 79.6 cm³/mol. The van der Waals surface area contributed by atoms with Crippen LogP contribution in [-0.2, 0) is 4.74 Å². The molecule has 0 aliphatic carbocycles. The van der Waals surface area contributed by atoms with Crippen LogP contribution in [0.3, 0.4) is 0 Å². The summed E-state index contributed by atoms with van der Waals surface area (Å²) in [5, 5.41) is 0. The molecule has 0 spiro atoms. The van der Waals surface area contributed by atoms with Crippen LogP contribution in [-0.4, -0.2) is 68.3 Å². The third-order valence-corrected chi connectivity index (χ3v) is 4.45. The number of piperidine rings is 1. The van der Waals surface area contributed by atoms with Crippen LogP contribution in [0.25, 0.3) is 0 Å². The number of halogens is 1. The molecule has 2 aliphatic heterocycles. The Morgan fingerprint density at radius 1 is 1.41 bits per heavy atom. The van der Waals surface area contributed by atoms with Crippen LogP contribution in [0.5, 0.6) is 5.75 Å². The van der Waals surface area contributed by atoms with Gasteiger partial charge in [-0.05, 0) is 31.7 Å². The van der Waals surface area contributed by atoms with E-state index in [1.54, 1.807) is 0 Å². The van der Waals surface area contributed by atoms with Gasteiger partial charge in [-0.25, -0.2) is 4.39 Å². The molecule has 2 unspecified atom stereocenters. The summed E-state index contributed by atoms with van der Waals surface area (Å²) in [6.45, 7) is 2.89. The van der Waals surface area contributed by atoms with Gasteiger partial charge in [0.25, 0.3) is 5.91 Å². The maximum absolute atomic E-state index is 13.5. The topological polar surface area (TPSA) is 42.0 Å². The molecule has 3 rings (SSSR count). The Morgan fingerprint density at radius 3 is 3.00 bits per heavy atom. The van der Waals surface area contributed by atoms with Crippen LogP contribution in [0.4, 0.5) is 4.39 Å². The number of ether oxygens (including phenoxy) is 2. The van der Waals surface area contributed by atoms with Crippen LogP contribution in [0.2, 0.25) is 0 Å². The third kappa shape index (κ3) is 2.80. The summed E-state index contributed by atoms with van der Waals surface area (Å²) in [7, 11) is 3.45. The van der Waals surface area contributed by atoms with Gasteiger partial charge >= 0.3 is 0 Å². The minimum atomic E-state index is -0.462. The standard InChI is InChI=1S/C16H21FN2O3/c1-18-6-5-14-13(10-18)19(7-8-22-14)16(20)11-3-4-12(17)15(9-11)21-2/h3-4,9,13-14H,5-8,10H2,1-2H3. The fraction of sp³-hybridized carbons (Fsp3) is 0.562. The smallest absolute Gasteiger partial charge is 0.254 e. The minimum absolute atomic E-state index is 0.0519. The van der Waals surface area contributed by atoms with E-state index in [1.807, 2.05) is 4.90 Å². The lowest BCUT2D eigenvalue weighted by molar-refractivity contribution is -0.0869. The molecule has 0 radical (unpaired) electrons. The molecule has 2 saturated heterocycles. The molecule has 1 aromatic carbocycles. The van der Waals surface area contributed by atoms with Gasteiger partial charge in [-0.2, -0.15) is 0 Å². The zero-order valence-corrected chi connectivity index (χ0v) is 12.9. The molecule has 120 valence electrons. The molecule has 6 heteroatoms. The number of nitrogens with zero attached hydrogens (tertiary/aromatic N) is 2. The van der Waals surface area contributed by atoms with Gasteiger partial charge in [0.2, 0.25) is 0 Å². The van der Waals surface area contributed by atoms with Crippen LogP contribution in [0.1, 0.15) is 16.8 Å². The number of fused-ring (bicyclic) bond motifs is 1. The zero-order valence-electron chi connectivity index (χ0n) is 12.9. The lowest BCUT2D eigenvalue weighted by Gasteiger charge is -2.46. The Bertz CT molecular complexity index is 566. The molecule has 1 aromatic rings. The lowest BCUT2D eigenvalue weighted by atomic mass is 9.98. The van der Waals surface area contributed by atoms with Crippen molar-refractivity contribution in [1.29, 1.82) is 0 Å². The van der Waals surface area contributed by atoms with Crippen LogP contribution >= 0.6 is 0 Å². The Morgan fingerprint density at radius 2 is 2.23 bits per heavy atom. The Kier molecular flexibility index (Phi) is 4.31. The van der Waals surface area contributed by atoms with E-state index in [4.69, 9.17) is 9.47 Å². The normalized spacial score (nSPS) is 25.7. The lowest BCUT2D eigenvalue weighted by Crippen LogP contribution is -2.60. The molecule has 0 N–H and O–H groups in total. The van der Waals surface area contributed by atoms with Crippen molar-refractivity contribution in [2.45, 2.75) is 18.6 Å². The van der Waals surface area contributed by atoms with E-state index in [9.17, 15) is 9.18 Å². The molecule has 2 aliphatic rings. The van der Waals surface area contributed by atoms with E-state index in [1.165, 1.54) is 25.3 Å². The summed E-state index contributed by atoms with van der Waals surface area (Å²) in [6, 6.07) is 4.30. The average molecular weight is 308 g/mol. The van der Waals surface area contributed by atoms with Gasteiger partial charge in [0.05, 0.1) is 25.9 Å². The molecular formula is C16H21FN2O3. The monoisotopic (exact) mass is 308 g/mol. The number of carbonyl (C=O) groups excluding carboxylic acids is 1. The Balaban J connectivity index is 1.84. The summed E-state index contributed by atoms with van der Waals surface area (Å²) in [5.41, 5.74) is 0.451. The number of rotatable bonds is 2. The number of hydrogen-bond acceptors (Lipinski definition) is 4. The first kappa shape index (κ1) is 15.2. The number of likely N-dealkylation sites (tertiary alicyclic amines) is 1. The van der Waals surface area contributed by atoms with Gasteiger partial charge in [0.15, 0.2) is 11.6 Å². The largest absolute Gasteiger partial charge is 0.494 e. The summed E-state index contributed by atoms with van der Waals surface area (Å²) in [5.74, 6) is -0.459. The van der Waals surface area contributed by atoms with E-state index in [2.05, 4.69) is 11.9 Å². The van der Waals surface area contributed by atoms with Crippen molar-refractivity contribution in [1.82, 2.24) is 9.80 Å². The summed E-state index contributed by atoms with van der Waals surface area (Å²) in [6.07, 6.45) is 1.02. The van der Waals surface area contributed by atoms with Gasteiger partial charge in [-0.3, -0.25) is 4.79 Å². The fourth-order valence-corrected chi connectivity index (χ4v) is 3.24. The summed E-state index contributed by atoms with van der Waals surface area (Å²) < 4.78 is 24.3. The van der Waals surface area contributed by atoms with E-state index in [-0.39, 0.29) is 23.8 Å². The predicted octanol–water partition coefficient (Wildman–Crippen LogP) is 1.38. The van der Waals surface area contributed by atoms with Gasteiger partial charge in [0, 0.05) is 25.2 Å². The molecule has 0 bridgehead atoms. The number of amides is 1. The number of methoxy groups -OCH3 is 1. The maximum Gasteiger partial charge on any atom is 0.254 e. The van der Waals surface area contributed by atoms with Crippen molar-refractivity contribution < 1.29 is 18.7 Å². The molecule has 2 fully saturated rings. The second-order valence-corrected chi connectivity index (χ2v) is 5.88. The van der Waals surface area contributed by atoms with Crippen LogP contribution < -0.4 is 4.74 Å². The highest BCUT2D eigenvalue weighted by molar-refractivity contribution is 5.95. The number of benzene rings is 1. The zero-order chi connectivity index (χ0) is 15.7. The van der Waals surface area contributed by atoms with Crippen LogP contribution in [0.15, 0.2) is 18.2 Å². The van der Waals surface area contributed by atoms with Gasteiger partial charge < -0.3 is 19.3 Å². The maximum atomic E-state index is 13.5. The molecule has 22 heavy (non-hydrogen) atoms. The first-order valence-corrected chi connectivity index (χ1v) is 7.55. The molecule has 0 saturated carbocycles. The number of likely N-dealkylation sites (N-methyl/N-ethyl adjacent to an activating group) is 1. The van der Waals surface area contributed by atoms with Crippen molar-refractivity contribution in [3.05, 3.63) is 29.6 Å². The fourth-order valence-electron chi connectivity index (χ4n) is 3.24. The van der Waals surface area contributed by atoms with Crippen LogP contribution in [0, 0.1) is 5.82 Å². The van der Waals surface area contributed by atoms with Crippen molar-refractivity contribution in [2.75, 3.05) is 40.4 Å². The van der Waals surface area contributed by atoms with E-state index < -0.39 is 5.82 Å². The SMILES string of the molecule is COc1cc(C(=O)N2CCOC3CCN(C)CC32)ccc1F. The Labute approximate surface area is 129 Å². The molecule has 1 amide bonds. The van der Waals surface area contributed by atoms with Gasteiger partial charge in [0.1, 0.15) is 0 Å². The van der Waals surface area contributed by atoms with Crippen molar-refractivity contribution in [3.8, 4) is 5.75 Å². The first-order valence-electron chi connectivity index (χ1n) is 7.55. The molecular weight excluding hydrogens is 287 g/mol. The third-order valence-electron chi connectivity index (χ3n) is 4.45. The molecule has 0 aromatic heterocycles. The Hall–Kier alpha value is -1.66. The second-order valence-electron chi connectivity index (χ2n) is 5.88. The first-order chi connectivity index (χ1) is 10.6. The minimum Gasteiger partial charge on any atom is -0.494 e. The average Bonchev–Trinajstić information content (AvgIpc) is 2.54. The van der Waals surface area contributed by atoms with E-state index >= 15 is 0 Å². The van der Waals surface area contributed by atoms with Gasteiger partial charge in [-0.15, -0.1) is 0 Å². The molecule has 2 heterocycles. The number of carbonyl (C=O) groups is 1. The molecule has 2 atom stereocenters. The summed E-state index contributed by atoms with van der Waals surface area (Å²) in [4.78, 5) is 16.9. The highest BCUT2D eigenvalue weighted by Gasteiger charge is 2.38. The number of morpholine rings is 1. The van der Waals surface area contributed by atoms with Crippen molar-refractivity contribution >= 4 is 5.91 Å². The second kappa shape index (κ2) is 6.22. The summed E-state index contributed by atoms with van der Waals surface area (Å²) >= 11 is 0. The van der Waals surface area contributed by atoms with Gasteiger partial charge in [-0.1, -0.05) is 0 Å². The quantitative estimate of drug-likeness (QED) is 0.828. The highest BCUT2D eigenvalue weighted by Crippen LogP contribution is 2.25. The molecule has 5 nitrogen and oxygen atoms in total.